The molecule has 3 heterocycles. The lowest BCUT2D eigenvalue weighted by Gasteiger charge is -2.16. The van der Waals surface area contributed by atoms with Gasteiger partial charge in [0.2, 0.25) is 0 Å². The van der Waals surface area contributed by atoms with Crippen LogP contribution >= 0.6 is 11.6 Å². The van der Waals surface area contributed by atoms with Gasteiger partial charge in [-0.05, 0) is 48.4 Å². The number of hydrogen-bond donors (Lipinski definition) is 2. The Hall–Kier alpha value is -2.41. The molecule has 0 fully saturated rings. The molecule has 3 aromatic rings. The van der Waals surface area contributed by atoms with Gasteiger partial charge in [0.15, 0.2) is 5.82 Å². The zero-order chi connectivity index (χ0) is 16.7. The molecule has 1 atom stereocenters. The van der Waals surface area contributed by atoms with Gasteiger partial charge in [0.25, 0.3) is 5.91 Å². The molecule has 2 aromatic heterocycles. The minimum absolute atomic E-state index is 0.0726. The monoisotopic (exact) mass is 344 g/mol. The number of H-pyrrole nitrogens is 1. The summed E-state index contributed by atoms with van der Waals surface area (Å²) in [7, 11) is 0. The van der Waals surface area contributed by atoms with Crippen LogP contribution in [0.5, 0.6) is 0 Å². The highest BCUT2D eigenvalue weighted by molar-refractivity contribution is 6.31. The third-order valence-corrected chi connectivity index (χ3v) is 4.76. The number of rotatable bonds is 2. The maximum absolute atomic E-state index is 12.8. The Kier molecular flexibility index (Phi) is 3.72. The van der Waals surface area contributed by atoms with Gasteiger partial charge in [-0.15, -0.1) is 5.10 Å². The van der Waals surface area contributed by atoms with E-state index in [0.717, 1.165) is 41.7 Å². The van der Waals surface area contributed by atoms with Gasteiger partial charge in [0, 0.05) is 40.6 Å². The average molecular weight is 345 g/mol. The lowest BCUT2D eigenvalue weighted by atomic mass is 10.1. The fourth-order valence-corrected chi connectivity index (χ4v) is 3.47. The number of aromatic nitrogens is 5. The molecule has 1 aliphatic heterocycles. The Bertz CT molecular complexity index is 892. The van der Waals surface area contributed by atoms with Gasteiger partial charge < -0.3 is 10.3 Å². The molecule has 1 amide bonds. The van der Waals surface area contributed by atoms with Crippen molar-refractivity contribution in [2.75, 3.05) is 0 Å². The molecule has 124 valence electrons. The predicted molar refractivity (Wildman–Crippen MR) is 90.1 cm³/mol. The van der Waals surface area contributed by atoms with E-state index in [4.69, 9.17) is 11.6 Å². The predicted octanol–water partition coefficient (Wildman–Crippen LogP) is 2.25. The molecule has 1 unspecified atom stereocenters. The minimum atomic E-state index is -0.0726. The van der Waals surface area contributed by atoms with Crippen LogP contribution in [0.3, 0.4) is 0 Å². The van der Waals surface area contributed by atoms with E-state index in [-0.39, 0.29) is 11.9 Å². The van der Waals surface area contributed by atoms with Crippen LogP contribution in [0.2, 0.25) is 5.02 Å². The number of tetrazole rings is 1. The summed E-state index contributed by atoms with van der Waals surface area (Å²) in [6.07, 6.45) is 2.40. The number of benzene rings is 1. The van der Waals surface area contributed by atoms with Crippen molar-refractivity contribution in [1.82, 2.24) is 30.5 Å². The fourth-order valence-electron chi connectivity index (χ4n) is 3.30. The Labute approximate surface area is 143 Å². The molecule has 0 saturated heterocycles. The number of amides is 1. The molecular formula is C16H17ClN6O. The van der Waals surface area contributed by atoms with Crippen LogP contribution in [-0.4, -0.2) is 37.1 Å². The Morgan fingerprint density at radius 1 is 1.42 bits per heavy atom. The van der Waals surface area contributed by atoms with Gasteiger partial charge in [-0.25, -0.2) is 4.68 Å². The Morgan fingerprint density at radius 3 is 3.17 bits per heavy atom. The number of halogens is 1. The van der Waals surface area contributed by atoms with Crippen molar-refractivity contribution in [3.8, 4) is 0 Å². The number of nitrogens with one attached hydrogen (secondary N) is 2. The highest BCUT2D eigenvalue weighted by atomic mass is 35.5. The van der Waals surface area contributed by atoms with Gasteiger partial charge in [-0.1, -0.05) is 11.6 Å². The van der Waals surface area contributed by atoms with Crippen molar-refractivity contribution in [3.63, 3.8) is 0 Å². The second-order valence-corrected chi connectivity index (χ2v) is 6.57. The standard InChI is InChI=1S/C16H17ClN6O/c1-9-15(12-8-10(17)2-4-13(12)18-9)16(24)19-11-3-5-14-20-21-22-23(14)7-6-11/h2,4,8,11,18H,3,5-7H2,1H3,(H,19,24). The molecule has 1 aromatic carbocycles. The average Bonchev–Trinajstić information content (AvgIpc) is 3.07. The van der Waals surface area contributed by atoms with E-state index in [1.54, 1.807) is 0 Å². The summed E-state index contributed by atoms with van der Waals surface area (Å²) in [4.78, 5) is 16.1. The van der Waals surface area contributed by atoms with E-state index >= 15 is 0 Å². The number of fused-ring (bicyclic) bond motifs is 2. The van der Waals surface area contributed by atoms with E-state index < -0.39 is 0 Å². The smallest absolute Gasteiger partial charge is 0.253 e. The van der Waals surface area contributed by atoms with Crippen molar-refractivity contribution < 1.29 is 4.79 Å². The summed E-state index contributed by atoms with van der Waals surface area (Å²) in [5.74, 6) is 0.804. The highest BCUT2D eigenvalue weighted by Crippen LogP contribution is 2.25. The van der Waals surface area contributed by atoms with Gasteiger partial charge in [0.1, 0.15) is 0 Å². The molecule has 4 rings (SSSR count). The number of aryl methyl sites for hydroxylation is 3. The summed E-state index contributed by atoms with van der Waals surface area (Å²) >= 11 is 6.09. The van der Waals surface area contributed by atoms with Crippen LogP contribution in [0.25, 0.3) is 10.9 Å². The van der Waals surface area contributed by atoms with Crippen molar-refractivity contribution in [2.45, 2.75) is 38.8 Å². The van der Waals surface area contributed by atoms with Crippen LogP contribution in [0.15, 0.2) is 18.2 Å². The first kappa shape index (κ1) is 15.1. The molecule has 7 nitrogen and oxygen atoms in total. The largest absolute Gasteiger partial charge is 0.358 e. The van der Waals surface area contributed by atoms with E-state index in [1.165, 1.54) is 0 Å². The third kappa shape index (κ3) is 2.65. The van der Waals surface area contributed by atoms with E-state index in [2.05, 4.69) is 25.8 Å². The fraction of sp³-hybridized carbons (Fsp3) is 0.375. The zero-order valence-electron chi connectivity index (χ0n) is 13.2. The number of carbonyl (C=O) groups is 1. The molecule has 0 radical (unpaired) electrons. The van der Waals surface area contributed by atoms with Crippen molar-refractivity contribution >= 4 is 28.4 Å². The Balaban J connectivity index is 1.55. The molecule has 0 saturated carbocycles. The zero-order valence-corrected chi connectivity index (χ0v) is 14.0. The number of nitrogens with zero attached hydrogens (tertiary/aromatic N) is 4. The second-order valence-electron chi connectivity index (χ2n) is 6.13. The molecule has 1 aliphatic rings. The maximum Gasteiger partial charge on any atom is 0.253 e. The van der Waals surface area contributed by atoms with Crippen molar-refractivity contribution in [3.05, 3.63) is 40.3 Å². The van der Waals surface area contributed by atoms with Crippen LogP contribution in [0.4, 0.5) is 0 Å². The number of aromatic amines is 1. The van der Waals surface area contributed by atoms with Crippen LogP contribution in [0.1, 0.15) is 34.7 Å². The summed E-state index contributed by atoms with van der Waals surface area (Å²) in [5, 5.41) is 16.3. The highest BCUT2D eigenvalue weighted by Gasteiger charge is 2.22. The first-order chi connectivity index (χ1) is 11.6. The Morgan fingerprint density at radius 2 is 2.29 bits per heavy atom. The van der Waals surface area contributed by atoms with Crippen LogP contribution in [-0.2, 0) is 13.0 Å². The minimum Gasteiger partial charge on any atom is -0.358 e. The van der Waals surface area contributed by atoms with Crippen molar-refractivity contribution in [2.24, 2.45) is 0 Å². The molecule has 24 heavy (non-hydrogen) atoms. The molecule has 0 aliphatic carbocycles. The summed E-state index contributed by atoms with van der Waals surface area (Å²) in [6.45, 7) is 2.62. The van der Waals surface area contributed by atoms with Gasteiger partial charge >= 0.3 is 0 Å². The van der Waals surface area contributed by atoms with Gasteiger partial charge in [-0.2, -0.15) is 0 Å². The number of hydrogen-bond acceptors (Lipinski definition) is 4. The SMILES string of the molecule is Cc1[nH]c2ccc(Cl)cc2c1C(=O)NC1CCc2nnnn2CC1. The molecule has 0 bridgehead atoms. The lowest BCUT2D eigenvalue weighted by Crippen LogP contribution is -2.35. The summed E-state index contributed by atoms with van der Waals surface area (Å²) in [6, 6.07) is 5.62. The van der Waals surface area contributed by atoms with Crippen molar-refractivity contribution in [1.29, 1.82) is 0 Å². The van der Waals surface area contributed by atoms with E-state index in [0.29, 0.717) is 17.1 Å². The molecule has 0 spiro atoms. The lowest BCUT2D eigenvalue weighted by molar-refractivity contribution is 0.0934. The number of carbonyl (C=O) groups excluding carboxylic acids is 1. The summed E-state index contributed by atoms with van der Waals surface area (Å²) in [5.41, 5.74) is 2.42. The van der Waals surface area contributed by atoms with Crippen LogP contribution < -0.4 is 5.32 Å². The quantitative estimate of drug-likeness (QED) is 0.746. The maximum atomic E-state index is 12.8. The second kappa shape index (κ2) is 5.90. The normalized spacial score (nSPS) is 17.5. The third-order valence-electron chi connectivity index (χ3n) is 4.52. The van der Waals surface area contributed by atoms with E-state index in [1.807, 2.05) is 29.8 Å². The van der Waals surface area contributed by atoms with Gasteiger partial charge in [0.05, 0.1) is 5.56 Å². The molecule has 2 N–H and O–H groups in total. The van der Waals surface area contributed by atoms with E-state index in [9.17, 15) is 4.79 Å². The van der Waals surface area contributed by atoms with Gasteiger partial charge in [-0.3, -0.25) is 4.79 Å². The topological polar surface area (TPSA) is 88.5 Å². The molecule has 8 heteroatoms. The first-order valence-electron chi connectivity index (χ1n) is 7.95. The van der Waals surface area contributed by atoms with Crippen LogP contribution in [0, 0.1) is 6.92 Å². The summed E-state index contributed by atoms with van der Waals surface area (Å²) < 4.78 is 1.81. The first-order valence-corrected chi connectivity index (χ1v) is 8.33. The molecular weight excluding hydrogens is 328 g/mol.